The molecule has 18 heavy (non-hydrogen) atoms. The molecule has 0 bridgehead atoms. The highest BCUT2D eigenvalue weighted by atomic mass is 16.5. The fourth-order valence-electron chi connectivity index (χ4n) is 1.45. The van der Waals surface area contributed by atoms with E-state index < -0.39 is 11.6 Å². The summed E-state index contributed by atoms with van der Waals surface area (Å²) in [6, 6.07) is 0. The Labute approximate surface area is 108 Å². The third-order valence-electron chi connectivity index (χ3n) is 2.50. The second kappa shape index (κ2) is 9.27. The van der Waals surface area contributed by atoms with E-state index in [0.29, 0.717) is 39.5 Å². The van der Waals surface area contributed by atoms with E-state index in [-0.39, 0.29) is 6.54 Å². The summed E-state index contributed by atoms with van der Waals surface area (Å²) in [4.78, 5) is 12.7. The van der Waals surface area contributed by atoms with Crippen LogP contribution >= 0.6 is 0 Å². The van der Waals surface area contributed by atoms with Gasteiger partial charge in [0, 0.05) is 32.8 Å². The van der Waals surface area contributed by atoms with Gasteiger partial charge in [-0.1, -0.05) is 0 Å². The molecule has 0 amide bonds. The number of hydrogen-bond donors (Lipinski definition) is 2. The molecule has 0 rings (SSSR count). The quantitative estimate of drug-likeness (QED) is 0.518. The molecule has 0 aliphatic carbocycles. The number of carboxylic acids is 1. The molecule has 0 aliphatic heterocycles. The Morgan fingerprint density at radius 1 is 1.17 bits per heavy atom. The molecule has 6 nitrogen and oxygen atoms in total. The number of aliphatic hydroxyl groups is 1. The van der Waals surface area contributed by atoms with Gasteiger partial charge in [0.2, 0.25) is 0 Å². The van der Waals surface area contributed by atoms with E-state index in [4.69, 9.17) is 14.6 Å². The molecule has 0 fully saturated rings. The van der Waals surface area contributed by atoms with Gasteiger partial charge in [0.15, 0.2) is 5.60 Å². The number of carbonyl (C=O) groups is 1. The van der Waals surface area contributed by atoms with Gasteiger partial charge in [-0.25, -0.2) is 4.79 Å². The second-order valence-electron chi connectivity index (χ2n) is 4.25. The molecule has 0 radical (unpaired) electrons. The number of carboxylic acid groups (broad SMARTS) is 1. The number of rotatable bonds is 11. The predicted octanol–water partition coefficient (Wildman–Crippen LogP) is 0.197. The fourth-order valence-corrected chi connectivity index (χ4v) is 1.45. The lowest BCUT2D eigenvalue weighted by atomic mass is 10.1. The fraction of sp³-hybridized carbons (Fsp3) is 0.917. The molecule has 1 unspecified atom stereocenters. The Kier molecular flexibility index (Phi) is 8.91. The van der Waals surface area contributed by atoms with Crippen LogP contribution in [-0.4, -0.2) is 72.7 Å². The average Bonchev–Trinajstić information content (AvgIpc) is 2.28. The van der Waals surface area contributed by atoms with Gasteiger partial charge in [0.1, 0.15) is 0 Å². The van der Waals surface area contributed by atoms with Crippen molar-refractivity contribution in [1.29, 1.82) is 0 Å². The lowest BCUT2D eigenvalue weighted by molar-refractivity contribution is -0.158. The maximum absolute atomic E-state index is 10.9. The van der Waals surface area contributed by atoms with Crippen LogP contribution in [0.1, 0.15) is 20.8 Å². The van der Waals surface area contributed by atoms with Gasteiger partial charge in [-0.15, -0.1) is 0 Å². The van der Waals surface area contributed by atoms with Crippen molar-refractivity contribution in [2.24, 2.45) is 0 Å². The maximum Gasteiger partial charge on any atom is 0.336 e. The van der Waals surface area contributed by atoms with E-state index in [9.17, 15) is 9.90 Å². The Bertz CT molecular complexity index is 223. The minimum atomic E-state index is -1.75. The van der Waals surface area contributed by atoms with Crippen molar-refractivity contribution >= 4 is 5.97 Å². The van der Waals surface area contributed by atoms with Gasteiger partial charge < -0.3 is 19.7 Å². The molecule has 1 atom stereocenters. The van der Waals surface area contributed by atoms with Crippen LogP contribution in [0, 0.1) is 0 Å². The van der Waals surface area contributed by atoms with Crippen molar-refractivity contribution in [3.05, 3.63) is 0 Å². The summed E-state index contributed by atoms with van der Waals surface area (Å²) in [6.07, 6.45) is 0. The standard InChI is InChI=1S/C12H25NO5/c1-4-17-8-6-13(7-9-18-5-2)10-12(3,16)11(14)15/h16H,4-10H2,1-3H3,(H,14,15). The first-order valence-corrected chi connectivity index (χ1v) is 6.27. The van der Waals surface area contributed by atoms with E-state index in [1.54, 1.807) is 0 Å². The van der Waals surface area contributed by atoms with Crippen LogP contribution in [0.15, 0.2) is 0 Å². The molecule has 0 aliphatic rings. The van der Waals surface area contributed by atoms with Gasteiger partial charge in [0.05, 0.1) is 13.2 Å². The Balaban J connectivity index is 4.22. The van der Waals surface area contributed by atoms with Gasteiger partial charge in [-0.3, -0.25) is 4.90 Å². The van der Waals surface area contributed by atoms with Crippen LogP contribution in [0.3, 0.4) is 0 Å². The normalized spacial score (nSPS) is 14.7. The van der Waals surface area contributed by atoms with Crippen LogP contribution in [-0.2, 0) is 14.3 Å². The molecule has 108 valence electrons. The van der Waals surface area contributed by atoms with Crippen LogP contribution in [0.2, 0.25) is 0 Å². The van der Waals surface area contributed by atoms with Crippen molar-refractivity contribution < 1.29 is 24.5 Å². The molecule has 6 heteroatoms. The van der Waals surface area contributed by atoms with Crippen LogP contribution in [0.5, 0.6) is 0 Å². The predicted molar refractivity (Wildman–Crippen MR) is 67.7 cm³/mol. The lowest BCUT2D eigenvalue weighted by Gasteiger charge is -2.28. The molecular formula is C12H25NO5. The highest BCUT2D eigenvalue weighted by molar-refractivity contribution is 5.76. The summed E-state index contributed by atoms with van der Waals surface area (Å²) >= 11 is 0. The SMILES string of the molecule is CCOCCN(CCOCC)CC(C)(O)C(=O)O. The summed E-state index contributed by atoms with van der Waals surface area (Å²) in [5.74, 6) is -1.22. The zero-order valence-electron chi connectivity index (χ0n) is 11.5. The van der Waals surface area contributed by atoms with Crippen LogP contribution < -0.4 is 0 Å². The number of nitrogens with zero attached hydrogens (tertiary/aromatic N) is 1. The van der Waals surface area contributed by atoms with Crippen molar-refractivity contribution in [3.8, 4) is 0 Å². The first kappa shape index (κ1) is 17.3. The molecule has 0 aromatic rings. The van der Waals surface area contributed by atoms with Crippen LogP contribution in [0.4, 0.5) is 0 Å². The topological polar surface area (TPSA) is 79.2 Å². The summed E-state index contributed by atoms with van der Waals surface area (Å²) < 4.78 is 10.5. The van der Waals surface area contributed by atoms with Gasteiger partial charge in [-0.05, 0) is 20.8 Å². The van der Waals surface area contributed by atoms with Crippen LogP contribution in [0.25, 0.3) is 0 Å². The first-order valence-electron chi connectivity index (χ1n) is 6.27. The number of ether oxygens (including phenoxy) is 2. The summed E-state index contributed by atoms with van der Waals surface area (Å²) in [7, 11) is 0. The first-order chi connectivity index (χ1) is 8.44. The largest absolute Gasteiger partial charge is 0.479 e. The molecule has 0 saturated heterocycles. The summed E-state index contributed by atoms with van der Waals surface area (Å²) in [5.41, 5.74) is -1.75. The molecular weight excluding hydrogens is 238 g/mol. The van der Waals surface area contributed by atoms with Crippen molar-refractivity contribution in [2.45, 2.75) is 26.4 Å². The monoisotopic (exact) mass is 263 g/mol. The Hall–Kier alpha value is -0.690. The van der Waals surface area contributed by atoms with Crippen molar-refractivity contribution in [3.63, 3.8) is 0 Å². The van der Waals surface area contributed by atoms with E-state index in [1.165, 1.54) is 6.92 Å². The molecule has 0 aromatic heterocycles. The highest BCUT2D eigenvalue weighted by Gasteiger charge is 2.32. The smallest absolute Gasteiger partial charge is 0.336 e. The van der Waals surface area contributed by atoms with E-state index >= 15 is 0 Å². The Morgan fingerprint density at radius 2 is 1.61 bits per heavy atom. The third-order valence-corrected chi connectivity index (χ3v) is 2.50. The average molecular weight is 263 g/mol. The van der Waals surface area contributed by atoms with E-state index in [1.807, 2.05) is 18.7 Å². The lowest BCUT2D eigenvalue weighted by Crippen LogP contribution is -2.48. The maximum atomic E-state index is 10.9. The summed E-state index contributed by atoms with van der Waals surface area (Å²) in [6.45, 7) is 8.57. The van der Waals surface area contributed by atoms with Gasteiger partial charge in [0.25, 0.3) is 0 Å². The van der Waals surface area contributed by atoms with Gasteiger partial charge >= 0.3 is 5.97 Å². The van der Waals surface area contributed by atoms with Gasteiger partial charge in [-0.2, -0.15) is 0 Å². The van der Waals surface area contributed by atoms with E-state index in [2.05, 4.69) is 0 Å². The Morgan fingerprint density at radius 3 is 1.94 bits per heavy atom. The molecule has 0 spiro atoms. The van der Waals surface area contributed by atoms with E-state index in [0.717, 1.165) is 0 Å². The highest BCUT2D eigenvalue weighted by Crippen LogP contribution is 2.06. The zero-order chi connectivity index (χ0) is 14.0. The molecule has 0 heterocycles. The molecule has 0 saturated carbocycles. The number of aliphatic carboxylic acids is 1. The zero-order valence-corrected chi connectivity index (χ0v) is 11.5. The molecule has 2 N–H and O–H groups in total. The van der Waals surface area contributed by atoms with Crippen molar-refractivity contribution in [1.82, 2.24) is 4.90 Å². The third kappa shape index (κ3) is 7.60. The minimum absolute atomic E-state index is 0.0580. The molecule has 0 aromatic carbocycles. The summed E-state index contributed by atoms with van der Waals surface area (Å²) in [5, 5.41) is 18.6. The number of hydrogen-bond acceptors (Lipinski definition) is 5. The van der Waals surface area contributed by atoms with Crippen molar-refractivity contribution in [2.75, 3.05) is 46.1 Å². The second-order valence-corrected chi connectivity index (χ2v) is 4.25. The minimum Gasteiger partial charge on any atom is -0.479 e.